The van der Waals surface area contributed by atoms with Gasteiger partial charge in [-0.05, 0) is 18.2 Å². The quantitative estimate of drug-likeness (QED) is 0.875. The van der Waals surface area contributed by atoms with Gasteiger partial charge in [0.05, 0.1) is 18.4 Å². The van der Waals surface area contributed by atoms with Crippen molar-refractivity contribution in [1.29, 1.82) is 0 Å². The molecule has 0 aliphatic carbocycles. The maximum absolute atomic E-state index is 13.5. The summed E-state index contributed by atoms with van der Waals surface area (Å²) in [6.45, 7) is 0.197. The van der Waals surface area contributed by atoms with E-state index in [2.05, 4.69) is 10.1 Å². The molecule has 1 aromatic carbocycles. The molecule has 6 heteroatoms. The molecule has 0 spiro atoms. The molecule has 0 unspecified atom stereocenters. The van der Waals surface area contributed by atoms with Crippen molar-refractivity contribution in [3.8, 4) is 0 Å². The van der Waals surface area contributed by atoms with E-state index in [0.29, 0.717) is 10.3 Å². The van der Waals surface area contributed by atoms with Crippen molar-refractivity contribution in [1.82, 2.24) is 5.32 Å². The van der Waals surface area contributed by atoms with Crippen LogP contribution in [0.3, 0.4) is 0 Å². The Morgan fingerprint density at radius 2 is 2.21 bits per heavy atom. The lowest BCUT2D eigenvalue weighted by molar-refractivity contribution is -0.140. The van der Waals surface area contributed by atoms with Crippen LogP contribution >= 0.6 is 11.3 Å². The van der Waals surface area contributed by atoms with Gasteiger partial charge in [-0.2, -0.15) is 0 Å². The fraction of sp³-hybridized carbons (Fsp3) is 0.231. The standard InChI is InChI=1S/C13H12FNO3S/c1-18-12(16)5-6-15-13(17)11-7-8-9(14)3-2-4-10(8)19-11/h2-4,7H,5-6H2,1H3,(H,15,17). The molecule has 0 atom stereocenters. The molecule has 0 saturated heterocycles. The Morgan fingerprint density at radius 3 is 2.89 bits per heavy atom. The second-order valence-corrected chi connectivity index (χ2v) is 4.93. The fourth-order valence-electron chi connectivity index (χ4n) is 1.60. The first-order valence-electron chi connectivity index (χ1n) is 5.65. The lowest BCUT2D eigenvalue weighted by Gasteiger charge is -2.01. The molecule has 1 aromatic heterocycles. The third kappa shape index (κ3) is 3.08. The van der Waals surface area contributed by atoms with Crippen molar-refractivity contribution in [2.75, 3.05) is 13.7 Å². The minimum Gasteiger partial charge on any atom is -0.469 e. The van der Waals surface area contributed by atoms with E-state index in [1.807, 2.05) is 0 Å². The number of ether oxygens (including phenoxy) is 1. The number of esters is 1. The minimum absolute atomic E-state index is 0.113. The second kappa shape index (κ2) is 5.79. The summed E-state index contributed by atoms with van der Waals surface area (Å²) in [6, 6.07) is 6.23. The normalized spacial score (nSPS) is 10.4. The maximum Gasteiger partial charge on any atom is 0.307 e. The lowest BCUT2D eigenvalue weighted by atomic mass is 10.2. The summed E-state index contributed by atoms with van der Waals surface area (Å²) in [5, 5.41) is 3.03. The fourth-order valence-corrected chi connectivity index (χ4v) is 2.60. The molecule has 100 valence electrons. The first-order chi connectivity index (χ1) is 9.11. The molecule has 0 radical (unpaired) electrons. The molecular weight excluding hydrogens is 269 g/mol. The van der Waals surface area contributed by atoms with Gasteiger partial charge in [-0.15, -0.1) is 11.3 Å². The molecule has 0 aliphatic rings. The summed E-state index contributed by atoms with van der Waals surface area (Å²) in [7, 11) is 1.29. The van der Waals surface area contributed by atoms with Crippen LogP contribution in [-0.4, -0.2) is 25.5 Å². The van der Waals surface area contributed by atoms with Crippen LogP contribution in [0.15, 0.2) is 24.3 Å². The topological polar surface area (TPSA) is 55.4 Å². The summed E-state index contributed by atoms with van der Waals surface area (Å²) in [5.74, 6) is -1.05. The number of hydrogen-bond donors (Lipinski definition) is 1. The van der Waals surface area contributed by atoms with Gasteiger partial charge in [-0.1, -0.05) is 6.07 Å². The van der Waals surface area contributed by atoms with Crippen LogP contribution in [0.5, 0.6) is 0 Å². The number of rotatable bonds is 4. The summed E-state index contributed by atoms with van der Waals surface area (Å²) >= 11 is 1.22. The Kier molecular flexibility index (Phi) is 4.11. The second-order valence-electron chi connectivity index (χ2n) is 3.84. The van der Waals surface area contributed by atoms with Gasteiger partial charge in [-0.3, -0.25) is 9.59 Å². The van der Waals surface area contributed by atoms with Crippen molar-refractivity contribution in [3.05, 3.63) is 35.0 Å². The van der Waals surface area contributed by atoms with Gasteiger partial charge in [0.1, 0.15) is 5.82 Å². The number of carbonyl (C=O) groups is 2. The summed E-state index contributed by atoms with van der Waals surface area (Å²) in [4.78, 5) is 23.1. The van der Waals surface area contributed by atoms with E-state index in [9.17, 15) is 14.0 Å². The first-order valence-corrected chi connectivity index (χ1v) is 6.46. The molecule has 1 amide bonds. The summed E-state index contributed by atoms with van der Waals surface area (Å²) in [6.07, 6.45) is 0.113. The highest BCUT2D eigenvalue weighted by atomic mass is 32.1. The van der Waals surface area contributed by atoms with Crippen molar-refractivity contribution in [3.63, 3.8) is 0 Å². The van der Waals surface area contributed by atoms with Crippen LogP contribution in [0.1, 0.15) is 16.1 Å². The highest BCUT2D eigenvalue weighted by Crippen LogP contribution is 2.27. The van der Waals surface area contributed by atoms with Gasteiger partial charge in [0.15, 0.2) is 0 Å². The number of halogens is 1. The number of methoxy groups -OCH3 is 1. The zero-order valence-electron chi connectivity index (χ0n) is 10.2. The lowest BCUT2D eigenvalue weighted by Crippen LogP contribution is -2.25. The number of hydrogen-bond acceptors (Lipinski definition) is 4. The van der Waals surface area contributed by atoms with Gasteiger partial charge >= 0.3 is 5.97 Å². The van der Waals surface area contributed by atoms with Crippen molar-refractivity contribution >= 4 is 33.3 Å². The van der Waals surface area contributed by atoms with Gasteiger partial charge in [0, 0.05) is 16.6 Å². The Bertz CT molecular complexity index is 623. The van der Waals surface area contributed by atoms with E-state index >= 15 is 0 Å². The molecule has 1 heterocycles. The summed E-state index contributed by atoms with van der Waals surface area (Å²) < 4.78 is 18.7. The number of thiophene rings is 1. The van der Waals surface area contributed by atoms with Crippen LogP contribution in [0.4, 0.5) is 4.39 Å². The molecule has 0 fully saturated rings. The smallest absolute Gasteiger partial charge is 0.307 e. The molecule has 2 rings (SSSR count). The minimum atomic E-state index is -0.386. The molecule has 19 heavy (non-hydrogen) atoms. The van der Waals surface area contributed by atoms with Gasteiger partial charge in [-0.25, -0.2) is 4.39 Å². The Labute approximate surface area is 113 Å². The van der Waals surface area contributed by atoms with Crippen LogP contribution < -0.4 is 5.32 Å². The molecular formula is C13H12FNO3S. The number of fused-ring (bicyclic) bond motifs is 1. The predicted molar refractivity (Wildman–Crippen MR) is 70.7 cm³/mol. The van der Waals surface area contributed by atoms with Crippen LogP contribution in [0, 0.1) is 5.82 Å². The third-order valence-corrected chi connectivity index (χ3v) is 3.67. The van der Waals surface area contributed by atoms with Gasteiger partial charge in [0.2, 0.25) is 0 Å². The van der Waals surface area contributed by atoms with E-state index in [-0.39, 0.29) is 30.7 Å². The SMILES string of the molecule is COC(=O)CCNC(=O)c1cc2c(F)cccc2s1. The Hall–Kier alpha value is -1.95. The van der Waals surface area contributed by atoms with E-state index in [4.69, 9.17) is 0 Å². The third-order valence-electron chi connectivity index (χ3n) is 2.57. The van der Waals surface area contributed by atoms with Crippen molar-refractivity contribution in [2.45, 2.75) is 6.42 Å². The van der Waals surface area contributed by atoms with Gasteiger partial charge < -0.3 is 10.1 Å². The number of carbonyl (C=O) groups excluding carboxylic acids is 2. The molecule has 2 aromatic rings. The molecule has 1 N–H and O–H groups in total. The van der Waals surface area contributed by atoms with Crippen molar-refractivity contribution < 1.29 is 18.7 Å². The highest BCUT2D eigenvalue weighted by Gasteiger charge is 2.12. The zero-order valence-corrected chi connectivity index (χ0v) is 11.1. The van der Waals surface area contributed by atoms with Crippen LogP contribution in [-0.2, 0) is 9.53 Å². The average Bonchev–Trinajstić information content (AvgIpc) is 2.84. The van der Waals surface area contributed by atoms with E-state index in [0.717, 1.165) is 4.70 Å². The average molecular weight is 281 g/mol. The van der Waals surface area contributed by atoms with E-state index in [1.54, 1.807) is 12.1 Å². The predicted octanol–water partition coefficient (Wildman–Crippen LogP) is 2.33. The number of nitrogens with one attached hydrogen (secondary N) is 1. The monoisotopic (exact) mass is 281 g/mol. The van der Waals surface area contributed by atoms with E-state index < -0.39 is 0 Å². The Balaban J connectivity index is 2.05. The zero-order chi connectivity index (χ0) is 13.8. The van der Waals surface area contributed by atoms with E-state index in [1.165, 1.54) is 30.6 Å². The van der Waals surface area contributed by atoms with Crippen LogP contribution in [0.2, 0.25) is 0 Å². The molecule has 0 bridgehead atoms. The van der Waals surface area contributed by atoms with Crippen LogP contribution in [0.25, 0.3) is 10.1 Å². The Morgan fingerprint density at radius 1 is 1.42 bits per heavy atom. The molecule has 4 nitrogen and oxygen atoms in total. The number of amides is 1. The number of benzene rings is 1. The van der Waals surface area contributed by atoms with Crippen molar-refractivity contribution in [2.24, 2.45) is 0 Å². The largest absolute Gasteiger partial charge is 0.469 e. The maximum atomic E-state index is 13.5. The highest BCUT2D eigenvalue weighted by molar-refractivity contribution is 7.20. The van der Waals surface area contributed by atoms with Gasteiger partial charge in [0.25, 0.3) is 5.91 Å². The first kappa shape index (κ1) is 13.5. The molecule has 0 aliphatic heterocycles. The summed E-state index contributed by atoms with van der Waals surface area (Å²) in [5.41, 5.74) is 0. The molecule has 0 saturated carbocycles.